The maximum Gasteiger partial charge on any atom is 0.341 e. The third-order valence-corrected chi connectivity index (χ3v) is 3.12. The highest BCUT2D eigenvalue weighted by molar-refractivity contribution is 6.14. The Morgan fingerprint density at radius 2 is 2.12 bits per heavy atom. The standard InChI is InChI=1S/C16H16N2O6/c1-3-6-18-15(21)11(17-16(18)22)7-10-4-5-12(13(8-10)23-2)24-9-14(19)20/h3-5,7-8H,1,6,9H2,2H3,(H,17,22)(H,19,20)/b11-7+. The Morgan fingerprint density at radius 3 is 2.75 bits per heavy atom. The van der Waals surface area contributed by atoms with Gasteiger partial charge in [0.25, 0.3) is 5.91 Å². The van der Waals surface area contributed by atoms with Crippen molar-refractivity contribution in [3.05, 3.63) is 42.1 Å². The number of carboxylic acid groups (broad SMARTS) is 1. The largest absolute Gasteiger partial charge is 0.493 e. The second-order valence-corrected chi connectivity index (χ2v) is 4.79. The van der Waals surface area contributed by atoms with Crippen molar-refractivity contribution >= 4 is 24.0 Å². The molecule has 1 aromatic rings. The summed E-state index contributed by atoms with van der Waals surface area (Å²) >= 11 is 0. The Balaban J connectivity index is 2.23. The van der Waals surface area contributed by atoms with Crippen LogP contribution < -0.4 is 14.8 Å². The lowest BCUT2D eigenvalue weighted by Crippen LogP contribution is -2.30. The number of hydrogen-bond donors (Lipinski definition) is 2. The minimum absolute atomic E-state index is 0.118. The van der Waals surface area contributed by atoms with E-state index in [9.17, 15) is 14.4 Å². The van der Waals surface area contributed by atoms with Gasteiger partial charge in [-0.1, -0.05) is 12.1 Å². The first-order chi connectivity index (χ1) is 11.5. The number of hydrogen-bond acceptors (Lipinski definition) is 5. The predicted octanol–water partition coefficient (Wildman–Crippen LogP) is 1.24. The first-order valence-corrected chi connectivity index (χ1v) is 6.94. The van der Waals surface area contributed by atoms with E-state index in [1.54, 1.807) is 12.1 Å². The van der Waals surface area contributed by atoms with Crippen molar-refractivity contribution < 1.29 is 29.0 Å². The summed E-state index contributed by atoms with van der Waals surface area (Å²) in [6, 6.07) is 4.19. The van der Waals surface area contributed by atoms with Crippen LogP contribution >= 0.6 is 0 Å². The molecule has 0 aromatic heterocycles. The van der Waals surface area contributed by atoms with Crippen LogP contribution in [0.1, 0.15) is 5.56 Å². The second kappa shape index (κ2) is 7.32. The molecule has 1 aliphatic heterocycles. The van der Waals surface area contributed by atoms with Crippen molar-refractivity contribution in [3.8, 4) is 11.5 Å². The summed E-state index contributed by atoms with van der Waals surface area (Å²) in [6.07, 6.45) is 2.95. The van der Waals surface area contributed by atoms with Gasteiger partial charge in [-0.2, -0.15) is 0 Å². The van der Waals surface area contributed by atoms with Gasteiger partial charge in [0.15, 0.2) is 18.1 Å². The quantitative estimate of drug-likeness (QED) is 0.442. The van der Waals surface area contributed by atoms with Crippen LogP contribution in [0.2, 0.25) is 0 Å². The molecule has 2 N–H and O–H groups in total. The van der Waals surface area contributed by atoms with Crippen molar-refractivity contribution in [3.63, 3.8) is 0 Å². The number of urea groups is 1. The number of imide groups is 1. The van der Waals surface area contributed by atoms with E-state index in [0.717, 1.165) is 4.90 Å². The molecule has 1 heterocycles. The first-order valence-electron chi connectivity index (χ1n) is 6.94. The highest BCUT2D eigenvalue weighted by Crippen LogP contribution is 2.29. The van der Waals surface area contributed by atoms with E-state index in [1.807, 2.05) is 0 Å². The molecule has 0 atom stereocenters. The molecule has 1 aliphatic rings. The van der Waals surface area contributed by atoms with Gasteiger partial charge in [0.05, 0.1) is 7.11 Å². The fourth-order valence-corrected chi connectivity index (χ4v) is 2.07. The fraction of sp³-hybridized carbons (Fsp3) is 0.188. The molecule has 0 radical (unpaired) electrons. The van der Waals surface area contributed by atoms with Crippen LogP contribution in [-0.2, 0) is 9.59 Å². The molecule has 8 nitrogen and oxygen atoms in total. The van der Waals surface area contributed by atoms with E-state index in [0.29, 0.717) is 11.3 Å². The molecule has 0 bridgehead atoms. The molecule has 1 fully saturated rings. The van der Waals surface area contributed by atoms with Crippen LogP contribution in [0.3, 0.4) is 0 Å². The molecule has 0 spiro atoms. The van der Waals surface area contributed by atoms with Crippen molar-refractivity contribution in [1.82, 2.24) is 10.2 Å². The molecular formula is C16H16N2O6. The highest BCUT2D eigenvalue weighted by atomic mass is 16.5. The van der Waals surface area contributed by atoms with Gasteiger partial charge in [-0.3, -0.25) is 9.69 Å². The van der Waals surface area contributed by atoms with Gasteiger partial charge in [0.2, 0.25) is 0 Å². The Labute approximate surface area is 138 Å². The maximum atomic E-state index is 12.1. The van der Waals surface area contributed by atoms with Gasteiger partial charge in [0.1, 0.15) is 5.70 Å². The summed E-state index contributed by atoms with van der Waals surface area (Å²) in [6.45, 7) is 3.12. The van der Waals surface area contributed by atoms with Gasteiger partial charge in [0, 0.05) is 6.54 Å². The number of ether oxygens (including phenoxy) is 2. The van der Waals surface area contributed by atoms with E-state index in [-0.39, 0.29) is 18.0 Å². The summed E-state index contributed by atoms with van der Waals surface area (Å²) < 4.78 is 10.2. The summed E-state index contributed by atoms with van der Waals surface area (Å²) in [5.41, 5.74) is 0.710. The molecule has 0 unspecified atom stereocenters. The zero-order chi connectivity index (χ0) is 17.7. The highest BCUT2D eigenvalue weighted by Gasteiger charge is 2.32. The molecule has 8 heteroatoms. The van der Waals surface area contributed by atoms with Crippen LogP contribution in [0, 0.1) is 0 Å². The second-order valence-electron chi connectivity index (χ2n) is 4.79. The topological polar surface area (TPSA) is 105 Å². The molecule has 126 valence electrons. The average Bonchev–Trinajstić information content (AvgIpc) is 2.81. The van der Waals surface area contributed by atoms with E-state index < -0.39 is 24.5 Å². The number of nitrogens with zero attached hydrogens (tertiary/aromatic N) is 1. The van der Waals surface area contributed by atoms with Crippen LogP contribution in [0.15, 0.2) is 36.6 Å². The van der Waals surface area contributed by atoms with Gasteiger partial charge >= 0.3 is 12.0 Å². The summed E-state index contributed by atoms with van der Waals surface area (Å²) in [5, 5.41) is 11.1. The molecule has 0 aliphatic carbocycles. The monoisotopic (exact) mass is 332 g/mol. The number of rotatable bonds is 7. The minimum atomic E-state index is -1.11. The number of amides is 3. The van der Waals surface area contributed by atoms with Gasteiger partial charge in [-0.15, -0.1) is 6.58 Å². The molecular weight excluding hydrogens is 316 g/mol. The van der Waals surface area contributed by atoms with Crippen molar-refractivity contribution in [2.45, 2.75) is 0 Å². The van der Waals surface area contributed by atoms with Gasteiger partial charge in [-0.25, -0.2) is 9.59 Å². The molecule has 2 rings (SSSR count). The zero-order valence-corrected chi connectivity index (χ0v) is 12.9. The van der Waals surface area contributed by atoms with Crippen molar-refractivity contribution in [2.24, 2.45) is 0 Å². The average molecular weight is 332 g/mol. The fourth-order valence-electron chi connectivity index (χ4n) is 2.07. The third-order valence-electron chi connectivity index (χ3n) is 3.12. The van der Waals surface area contributed by atoms with Gasteiger partial charge < -0.3 is 19.9 Å². The number of aliphatic carboxylic acids is 1. The predicted molar refractivity (Wildman–Crippen MR) is 84.5 cm³/mol. The normalized spacial score (nSPS) is 15.4. The lowest BCUT2D eigenvalue weighted by Gasteiger charge is -2.10. The van der Waals surface area contributed by atoms with Crippen LogP contribution in [0.25, 0.3) is 6.08 Å². The van der Waals surface area contributed by atoms with Crippen LogP contribution in [0.4, 0.5) is 4.79 Å². The summed E-state index contributed by atoms with van der Waals surface area (Å²) in [4.78, 5) is 35.4. The number of carbonyl (C=O) groups is 3. The Morgan fingerprint density at radius 1 is 1.38 bits per heavy atom. The third kappa shape index (κ3) is 3.72. The van der Waals surface area contributed by atoms with Crippen LogP contribution in [-0.4, -0.2) is 48.2 Å². The van der Waals surface area contributed by atoms with Gasteiger partial charge in [-0.05, 0) is 23.8 Å². The number of benzene rings is 1. The lowest BCUT2D eigenvalue weighted by atomic mass is 10.1. The lowest BCUT2D eigenvalue weighted by molar-refractivity contribution is -0.139. The maximum absolute atomic E-state index is 12.1. The minimum Gasteiger partial charge on any atom is -0.493 e. The smallest absolute Gasteiger partial charge is 0.341 e. The molecule has 3 amide bonds. The molecule has 1 saturated heterocycles. The summed E-state index contributed by atoms with van der Waals surface area (Å²) in [5.74, 6) is -0.989. The zero-order valence-electron chi connectivity index (χ0n) is 12.9. The molecule has 1 aromatic carbocycles. The van der Waals surface area contributed by atoms with Crippen LogP contribution in [0.5, 0.6) is 11.5 Å². The number of methoxy groups -OCH3 is 1. The molecule has 0 saturated carbocycles. The van der Waals surface area contributed by atoms with E-state index >= 15 is 0 Å². The first kappa shape index (κ1) is 17.1. The van der Waals surface area contributed by atoms with Crippen molar-refractivity contribution in [2.75, 3.05) is 20.3 Å². The Bertz CT molecular complexity index is 725. The molecule has 24 heavy (non-hydrogen) atoms. The van der Waals surface area contributed by atoms with E-state index in [2.05, 4.69) is 11.9 Å². The van der Waals surface area contributed by atoms with E-state index in [1.165, 1.54) is 25.3 Å². The van der Waals surface area contributed by atoms with Crippen molar-refractivity contribution in [1.29, 1.82) is 0 Å². The summed E-state index contributed by atoms with van der Waals surface area (Å²) in [7, 11) is 1.41. The SMILES string of the molecule is C=CCN1C(=O)N/C(=C/c2ccc(OCC(=O)O)c(OC)c2)C1=O. The van der Waals surface area contributed by atoms with E-state index in [4.69, 9.17) is 14.6 Å². The number of carboxylic acids is 1. The Hall–Kier alpha value is -3.29. The number of nitrogens with one attached hydrogen (secondary N) is 1. The number of carbonyl (C=O) groups excluding carboxylic acids is 2. The Kier molecular flexibility index (Phi) is 5.20.